The lowest BCUT2D eigenvalue weighted by molar-refractivity contribution is 0.0844. The summed E-state index contributed by atoms with van der Waals surface area (Å²) < 4.78 is 16.3. The topological polar surface area (TPSA) is 40.6 Å². The number of rotatable bonds is 8. The second kappa shape index (κ2) is 11.5. The molecular formula is C15H25NO3Si. The fraction of sp³-hybridized carbons (Fsp3) is 0.400. The lowest BCUT2D eigenvalue weighted by Gasteiger charge is -2.24. The molecule has 0 spiro atoms. The number of pyridine rings is 1. The Labute approximate surface area is 123 Å². The summed E-state index contributed by atoms with van der Waals surface area (Å²) in [6.07, 6.45) is 5.29. The molecule has 0 aromatic carbocycles. The van der Waals surface area contributed by atoms with Gasteiger partial charge in [0.2, 0.25) is 0 Å². The maximum Gasteiger partial charge on any atom is 0.528 e. The summed E-state index contributed by atoms with van der Waals surface area (Å²) in [5.41, 5.74) is 2.78. The van der Waals surface area contributed by atoms with Gasteiger partial charge in [0.1, 0.15) is 0 Å². The fourth-order valence-corrected chi connectivity index (χ4v) is 3.22. The van der Waals surface area contributed by atoms with Gasteiger partial charge in [-0.25, -0.2) is 0 Å². The molecule has 0 unspecified atom stereocenters. The van der Waals surface area contributed by atoms with Gasteiger partial charge < -0.3 is 13.3 Å². The van der Waals surface area contributed by atoms with Gasteiger partial charge in [-0.3, -0.25) is 4.98 Å². The summed E-state index contributed by atoms with van der Waals surface area (Å²) in [5, 5.41) is 0. The highest BCUT2D eigenvalue weighted by molar-refractivity contribution is 6.66. The van der Waals surface area contributed by atoms with Gasteiger partial charge in [-0.1, -0.05) is 19.2 Å². The monoisotopic (exact) mass is 295 g/mol. The maximum atomic E-state index is 5.44. The molecule has 0 radical (unpaired) electrons. The van der Waals surface area contributed by atoms with Gasteiger partial charge in [-0.15, -0.1) is 0 Å². The zero-order chi connectivity index (χ0) is 15.3. The Morgan fingerprint density at radius 1 is 1.00 bits per heavy atom. The highest BCUT2D eigenvalue weighted by atomic mass is 28.4. The quantitative estimate of drug-likeness (QED) is 0.688. The van der Waals surface area contributed by atoms with Crippen molar-refractivity contribution in [2.45, 2.75) is 20.8 Å². The first-order valence-corrected chi connectivity index (χ1v) is 8.56. The van der Waals surface area contributed by atoms with Crippen molar-refractivity contribution in [3.63, 3.8) is 0 Å². The van der Waals surface area contributed by atoms with E-state index < -0.39 is 8.80 Å². The highest BCUT2D eigenvalue weighted by Gasteiger charge is 2.36. The van der Waals surface area contributed by atoms with Crippen LogP contribution in [0.1, 0.15) is 26.3 Å². The number of hydrogen-bond acceptors (Lipinski definition) is 4. The first kappa shape index (κ1) is 18.7. The van der Waals surface area contributed by atoms with E-state index in [4.69, 9.17) is 13.3 Å². The van der Waals surface area contributed by atoms with Gasteiger partial charge in [0.05, 0.1) is 0 Å². The predicted octanol–water partition coefficient (Wildman–Crippen LogP) is 3.48. The van der Waals surface area contributed by atoms with Gasteiger partial charge in [0.15, 0.2) is 0 Å². The van der Waals surface area contributed by atoms with Crippen molar-refractivity contribution < 1.29 is 13.3 Å². The predicted molar refractivity (Wildman–Crippen MR) is 85.2 cm³/mol. The van der Waals surface area contributed by atoms with Crippen LogP contribution in [0.5, 0.6) is 0 Å². The van der Waals surface area contributed by atoms with Crippen LogP contribution in [0.2, 0.25) is 0 Å². The Morgan fingerprint density at radius 2 is 1.45 bits per heavy atom. The molecule has 1 rings (SSSR count). The molecule has 5 heteroatoms. The largest absolute Gasteiger partial charge is 0.528 e. The van der Waals surface area contributed by atoms with Gasteiger partial charge >= 0.3 is 8.80 Å². The molecule has 0 saturated heterocycles. The van der Waals surface area contributed by atoms with Crippen LogP contribution in [-0.4, -0.2) is 33.6 Å². The van der Waals surface area contributed by atoms with Crippen LogP contribution in [0.15, 0.2) is 43.4 Å². The molecule has 0 N–H and O–H groups in total. The first-order valence-electron chi connectivity index (χ1n) is 6.75. The summed E-state index contributed by atoms with van der Waals surface area (Å²) in [6.45, 7) is 14.8. The molecule has 0 fully saturated rings. The normalized spacial score (nSPS) is 10.3. The molecule has 0 aliphatic carbocycles. The molecule has 0 amide bonds. The Hall–Kier alpha value is -1.27. The smallest absolute Gasteiger partial charge is 0.371 e. The molecule has 0 atom stereocenters. The minimum Gasteiger partial charge on any atom is -0.371 e. The van der Waals surface area contributed by atoms with E-state index in [1.54, 1.807) is 24.2 Å². The SMILES string of the molecule is C=C[Si](OCC)(OCC)OCC.C=Cc1ccncc1. The molecule has 112 valence electrons. The molecule has 4 nitrogen and oxygen atoms in total. The van der Waals surface area contributed by atoms with Crippen LogP contribution in [-0.2, 0) is 13.3 Å². The van der Waals surface area contributed by atoms with Crippen molar-refractivity contribution in [1.29, 1.82) is 0 Å². The third-order valence-corrected chi connectivity index (χ3v) is 4.80. The average molecular weight is 295 g/mol. The fourth-order valence-electron chi connectivity index (χ4n) is 1.40. The molecule has 1 aromatic rings. The standard InChI is InChI=1S/C8H18O3Si.C7H7N/c1-5-9-12(8-4,10-6-2)11-7-3;1-2-7-3-5-8-6-4-7/h8H,4-7H2,1-3H3;2-6H,1H2. The van der Waals surface area contributed by atoms with E-state index in [9.17, 15) is 0 Å². The Morgan fingerprint density at radius 3 is 1.70 bits per heavy atom. The third kappa shape index (κ3) is 7.35. The summed E-state index contributed by atoms with van der Waals surface area (Å²) in [7, 11) is -2.51. The van der Waals surface area contributed by atoms with E-state index in [1.165, 1.54) is 0 Å². The van der Waals surface area contributed by atoms with Crippen molar-refractivity contribution in [2.24, 2.45) is 0 Å². The molecule has 0 bridgehead atoms. The van der Waals surface area contributed by atoms with Gasteiger partial charge in [0.25, 0.3) is 0 Å². The summed E-state index contributed by atoms with van der Waals surface area (Å²) in [6, 6.07) is 3.82. The van der Waals surface area contributed by atoms with E-state index >= 15 is 0 Å². The van der Waals surface area contributed by atoms with Crippen molar-refractivity contribution in [1.82, 2.24) is 4.98 Å². The highest BCUT2D eigenvalue weighted by Crippen LogP contribution is 2.10. The molecule has 1 heterocycles. The van der Waals surface area contributed by atoms with E-state index in [0.29, 0.717) is 19.8 Å². The van der Waals surface area contributed by atoms with Crippen molar-refractivity contribution >= 4 is 14.9 Å². The average Bonchev–Trinajstić information content (AvgIpc) is 2.49. The van der Waals surface area contributed by atoms with Crippen LogP contribution in [0, 0.1) is 0 Å². The Bertz CT molecular complexity index is 354. The Balaban J connectivity index is 0.000000388. The van der Waals surface area contributed by atoms with Gasteiger partial charge in [0, 0.05) is 32.2 Å². The van der Waals surface area contributed by atoms with E-state index in [-0.39, 0.29) is 0 Å². The minimum absolute atomic E-state index is 0.595. The van der Waals surface area contributed by atoms with E-state index in [1.807, 2.05) is 32.9 Å². The third-order valence-electron chi connectivity index (χ3n) is 2.23. The summed E-state index contributed by atoms with van der Waals surface area (Å²) in [5.74, 6) is 0. The number of nitrogens with zero attached hydrogens (tertiary/aromatic N) is 1. The Kier molecular flexibility index (Phi) is 10.8. The van der Waals surface area contributed by atoms with E-state index in [0.717, 1.165) is 5.56 Å². The van der Waals surface area contributed by atoms with Crippen molar-refractivity contribution in [3.8, 4) is 0 Å². The molecule has 0 aliphatic rings. The summed E-state index contributed by atoms with van der Waals surface area (Å²) in [4.78, 5) is 3.85. The molecular weight excluding hydrogens is 270 g/mol. The minimum atomic E-state index is -2.51. The van der Waals surface area contributed by atoms with Crippen LogP contribution >= 0.6 is 0 Å². The molecule has 0 aliphatic heterocycles. The zero-order valence-electron chi connectivity index (χ0n) is 12.7. The van der Waals surface area contributed by atoms with Crippen LogP contribution in [0.3, 0.4) is 0 Å². The van der Waals surface area contributed by atoms with E-state index in [2.05, 4.69) is 18.1 Å². The molecule has 0 saturated carbocycles. The first-order chi connectivity index (χ1) is 9.67. The molecule has 1 aromatic heterocycles. The van der Waals surface area contributed by atoms with Gasteiger partial charge in [-0.05, 0) is 44.2 Å². The van der Waals surface area contributed by atoms with Crippen molar-refractivity contribution in [3.05, 3.63) is 48.9 Å². The van der Waals surface area contributed by atoms with Crippen molar-refractivity contribution in [2.75, 3.05) is 19.8 Å². The summed E-state index contributed by atoms with van der Waals surface area (Å²) >= 11 is 0. The van der Waals surface area contributed by atoms with Gasteiger partial charge in [-0.2, -0.15) is 0 Å². The second-order valence-corrected chi connectivity index (χ2v) is 6.07. The number of aromatic nitrogens is 1. The molecule has 20 heavy (non-hydrogen) atoms. The van der Waals surface area contributed by atoms with Crippen LogP contribution in [0.4, 0.5) is 0 Å². The second-order valence-electron chi connectivity index (χ2n) is 3.59. The lowest BCUT2D eigenvalue weighted by Crippen LogP contribution is -2.44. The number of hydrogen-bond donors (Lipinski definition) is 0. The van der Waals surface area contributed by atoms with Crippen LogP contribution < -0.4 is 0 Å². The zero-order valence-corrected chi connectivity index (χ0v) is 13.7. The van der Waals surface area contributed by atoms with Crippen LogP contribution in [0.25, 0.3) is 6.08 Å². The lowest BCUT2D eigenvalue weighted by atomic mass is 10.3. The maximum absolute atomic E-state index is 5.44.